The Kier molecular flexibility index (Phi) is 8.14. The second-order valence-corrected chi connectivity index (χ2v) is 6.97. The summed E-state index contributed by atoms with van der Waals surface area (Å²) in [6.45, 7) is 2.85. The van der Waals surface area contributed by atoms with Gasteiger partial charge in [-0.1, -0.05) is 54.1 Å². The molecule has 27 heavy (non-hydrogen) atoms. The standard InChI is InChI=1S/C21H27ClN4O/c1-16(18-10-7-11-19(22)14-18)25-21(24-15-20(27)26(2)3)23-13-12-17-8-5-4-6-9-17/h4-11,14,16H,12-13,15H2,1-3H3,(H2,23,24,25). The van der Waals surface area contributed by atoms with Crippen LogP contribution in [0.2, 0.25) is 5.02 Å². The van der Waals surface area contributed by atoms with Crippen LogP contribution in [0, 0.1) is 0 Å². The van der Waals surface area contributed by atoms with Crippen molar-refractivity contribution in [3.8, 4) is 0 Å². The quantitative estimate of drug-likeness (QED) is 0.567. The van der Waals surface area contributed by atoms with Gasteiger partial charge in [0.15, 0.2) is 5.96 Å². The van der Waals surface area contributed by atoms with Gasteiger partial charge in [0.05, 0.1) is 6.04 Å². The number of rotatable bonds is 7. The Balaban J connectivity index is 2.01. The van der Waals surface area contributed by atoms with E-state index >= 15 is 0 Å². The Bertz CT molecular complexity index is 762. The van der Waals surface area contributed by atoms with Gasteiger partial charge in [0.2, 0.25) is 5.91 Å². The minimum Gasteiger partial charge on any atom is -0.356 e. The predicted octanol–water partition coefficient (Wildman–Crippen LogP) is 3.27. The van der Waals surface area contributed by atoms with Crippen molar-refractivity contribution in [2.45, 2.75) is 19.4 Å². The first-order valence-electron chi connectivity index (χ1n) is 9.00. The lowest BCUT2D eigenvalue weighted by Crippen LogP contribution is -2.40. The fraction of sp³-hybridized carbons (Fsp3) is 0.333. The third-order valence-corrected chi connectivity index (χ3v) is 4.36. The third kappa shape index (κ3) is 7.31. The lowest BCUT2D eigenvalue weighted by atomic mass is 10.1. The topological polar surface area (TPSA) is 56.7 Å². The van der Waals surface area contributed by atoms with E-state index < -0.39 is 0 Å². The summed E-state index contributed by atoms with van der Waals surface area (Å²) in [6.07, 6.45) is 0.870. The van der Waals surface area contributed by atoms with Gasteiger partial charge in [0.25, 0.3) is 0 Å². The van der Waals surface area contributed by atoms with Crippen molar-refractivity contribution in [3.63, 3.8) is 0 Å². The second-order valence-electron chi connectivity index (χ2n) is 6.54. The number of aliphatic imine (C=N–C) groups is 1. The number of halogens is 1. The molecular formula is C21H27ClN4O. The largest absolute Gasteiger partial charge is 0.356 e. The molecule has 0 aromatic heterocycles. The molecule has 2 N–H and O–H groups in total. The van der Waals surface area contributed by atoms with E-state index in [1.54, 1.807) is 14.1 Å². The summed E-state index contributed by atoms with van der Waals surface area (Å²) in [4.78, 5) is 17.9. The number of carbonyl (C=O) groups excluding carboxylic acids is 1. The fourth-order valence-electron chi connectivity index (χ4n) is 2.47. The highest BCUT2D eigenvalue weighted by Crippen LogP contribution is 2.17. The maximum atomic E-state index is 11.9. The smallest absolute Gasteiger partial charge is 0.243 e. The average Bonchev–Trinajstić information content (AvgIpc) is 2.66. The van der Waals surface area contributed by atoms with Crippen LogP contribution in [0.15, 0.2) is 59.6 Å². The molecule has 0 saturated heterocycles. The first-order chi connectivity index (χ1) is 13.0. The van der Waals surface area contributed by atoms with E-state index in [4.69, 9.17) is 11.6 Å². The molecule has 1 unspecified atom stereocenters. The molecular weight excluding hydrogens is 360 g/mol. The normalized spacial score (nSPS) is 12.4. The minimum absolute atomic E-state index is 0.00105. The van der Waals surface area contributed by atoms with Gasteiger partial charge in [0.1, 0.15) is 6.54 Å². The van der Waals surface area contributed by atoms with Crippen molar-refractivity contribution in [3.05, 3.63) is 70.7 Å². The molecule has 0 spiro atoms. The maximum Gasteiger partial charge on any atom is 0.243 e. The molecule has 0 saturated carbocycles. The summed E-state index contributed by atoms with van der Waals surface area (Å²) in [5, 5.41) is 7.36. The average molecular weight is 387 g/mol. The molecule has 0 aliphatic heterocycles. The van der Waals surface area contributed by atoms with E-state index in [2.05, 4.69) is 27.8 Å². The van der Waals surface area contributed by atoms with Gasteiger partial charge < -0.3 is 15.5 Å². The first kappa shape index (κ1) is 20.8. The van der Waals surface area contributed by atoms with Crippen LogP contribution in [0.1, 0.15) is 24.1 Å². The molecule has 144 valence electrons. The monoisotopic (exact) mass is 386 g/mol. The van der Waals surface area contributed by atoms with Crippen LogP contribution in [0.4, 0.5) is 0 Å². The summed E-state index contributed by atoms with van der Waals surface area (Å²) in [6, 6.07) is 17.9. The number of hydrogen-bond acceptors (Lipinski definition) is 2. The lowest BCUT2D eigenvalue weighted by molar-refractivity contribution is -0.127. The molecule has 1 amide bonds. The Hall–Kier alpha value is -2.53. The highest BCUT2D eigenvalue weighted by atomic mass is 35.5. The van der Waals surface area contributed by atoms with Crippen molar-refractivity contribution in [1.29, 1.82) is 0 Å². The van der Waals surface area contributed by atoms with Gasteiger partial charge in [-0.3, -0.25) is 4.79 Å². The van der Waals surface area contributed by atoms with E-state index in [1.807, 2.05) is 49.4 Å². The molecule has 2 aromatic rings. The van der Waals surface area contributed by atoms with Crippen LogP contribution in [0.25, 0.3) is 0 Å². The third-order valence-electron chi connectivity index (χ3n) is 4.12. The van der Waals surface area contributed by atoms with Gasteiger partial charge in [-0.05, 0) is 36.6 Å². The summed E-state index contributed by atoms with van der Waals surface area (Å²) < 4.78 is 0. The fourth-order valence-corrected chi connectivity index (χ4v) is 2.67. The van der Waals surface area contributed by atoms with E-state index in [0.29, 0.717) is 17.5 Å². The minimum atomic E-state index is -0.0467. The van der Waals surface area contributed by atoms with Crippen molar-refractivity contribution in [2.75, 3.05) is 27.2 Å². The maximum absolute atomic E-state index is 11.9. The molecule has 0 aliphatic carbocycles. The molecule has 1 atom stereocenters. The molecule has 0 radical (unpaired) electrons. The summed E-state index contributed by atoms with van der Waals surface area (Å²) in [5.74, 6) is 0.558. The molecule has 0 aliphatic rings. The number of amides is 1. The summed E-state index contributed by atoms with van der Waals surface area (Å²) in [7, 11) is 3.45. The second kappa shape index (κ2) is 10.6. The molecule has 5 nitrogen and oxygen atoms in total. The van der Waals surface area contributed by atoms with Crippen molar-refractivity contribution in [2.24, 2.45) is 4.99 Å². The van der Waals surface area contributed by atoms with Gasteiger partial charge >= 0.3 is 0 Å². The van der Waals surface area contributed by atoms with Gasteiger partial charge in [-0.15, -0.1) is 0 Å². The van der Waals surface area contributed by atoms with E-state index in [-0.39, 0.29) is 18.5 Å². The lowest BCUT2D eigenvalue weighted by Gasteiger charge is -2.19. The Labute approximate surface area is 166 Å². The number of carbonyl (C=O) groups is 1. The predicted molar refractivity (Wildman–Crippen MR) is 112 cm³/mol. The van der Waals surface area contributed by atoms with Crippen LogP contribution in [-0.4, -0.2) is 44.0 Å². The van der Waals surface area contributed by atoms with Crippen LogP contribution in [0.3, 0.4) is 0 Å². The molecule has 0 bridgehead atoms. The highest BCUT2D eigenvalue weighted by molar-refractivity contribution is 6.30. The van der Waals surface area contributed by atoms with Gasteiger partial charge in [0, 0.05) is 25.7 Å². The van der Waals surface area contributed by atoms with Crippen molar-refractivity contribution >= 4 is 23.5 Å². The number of likely N-dealkylation sites (N-methyl/N-ethyl adjacent to an activating group) is 1. The first-order valence-corrected chi connectivity index (χ1v) is 9.38. The molecule has 0 heterocycles. The molecule has 2 rings (SSSR count). The molecule has 6 heteroatoms. The van der Waals surface area contributed by atoms with Gasteiger partial charge in [-0.2, -0.15) is 0 Å². The number of hydrogen-bond donors (Lipinski definition) is 2. The zero-order valence-electron chi connectivity index (χ0n) is 16.1. The Morgan fingerprint density at radius 2 is 1.89 bits per heavy atom. The molecule has 2 aromatic carbocycles. The van der Waals surface area contributed by atoms with E-state index in [0.717, 1.165) is 12.0 Å². The zero-order chi connectivity index (χ0) is 19.6. The Morgan fingerprint density at radius 1 is 1.15 bits per heavy atom. The number of benzene rings is 2. The zero-order valence-corrected chi connectivity index (χ0v) is 16.8. The van der Waals surface area contributed by atoms with Crippen LogP contribution >= 0.6 is 11.6 Å². The van der Waals surface area contributed by atoms with Gasteiger partial charge in [-0.25, -0.2) is 4.99 Å². The van der Waals surface area contributed by atoms with E-state index in [9.17, 15) is 4.79 Å². The number of nitrogens with zero attached hydrogens (tertiary/aromatic N) is 2. The SMILES string of the molecule is CC(NC(=NCC(=O)N(C)C)NCCc1ccccc1)c1cccc(Cl)c1. The summed E-state index contributed by atoms with van der Waals surface area (Å²) in [5.41, 5.74) is 2.30. The van der Waals surface area contributed by atoms with Crippen molar-refractivity contribution < 1.29 is 4.79 Å². The number of guanidine groups is 1. The number of nitrogens with one attached hydrogen (secondary N) is 2. The van der Waals surface area contributed by atoms with Crippen LogP contribution in [0.5, 0.6) is 0 Å². The summed E-state index contributed by atoms with van der Waals surface area (Å²) >= 11 is 6.09. The van der Waals surface area contributed by atoms with Crippen LogP contribution < -0.4 is 10.6 Å². The van der Waals surface area contributed by atoms with Crippen molar-refractivity contribution in [1.82, 2.24) is 15.5 Å². The Morgan fingerprint density at radius 3 is 2.56 bits per heavy atom. The van der Waals surface area contributed by atoms with Crippen LogP contribution in [-0.2, 0) is 11.2 Å². The highest BCUT2D eigenvalue weighted by Gasteiger charge is 2.10. The van der Waals surface area contributed by atoms with E-state index in [1.165, 1.54) is 10.5 Å². The molecule has 0 fully saturated rings.